The van der Waals surface area contributed by atoms with Crippen LogP contribution in [0.2, 0.25) is 0 Å². The molecule has 550 valence electrons. The molecule has 6 aromatic carbocycles. The van der Waals surface area contributed by atoms with Crippen molar-refractivity contribution in [2.75, 3.05) is 108 Å². The van der Waals surface area contributed by atoms with Crippen LogP contribution in [0, 0.1) is 0 Å². The van der Waals surface area contributed by atoms with Crippen molar-refractivity contribution in [3.8, 4) is 0 Å². The third-order valence-corrected chi connectivity index (χ3v) is 32.3. The van der Waals surface area contributed by atoms with Gasteiger partial charge in [0.05, 0.1) is 26.9 Å². The van der Waals surface area contributed by atoms with E-state index in [9.17, 15) is 4.89 Å². The fraction of sp³-hybridized carbons (Fsp3) is 0.571. The molecule has 0 aliphatic rings. The van der Waals surface area contributed by atoms with Crippen LogP contribution >= 0.6 is 46.1 Å². The monoisotopic (exact) mass is 1460 g/mol. The van der Waals surface area contributed by atoms with Gasteiger partial charge in [0, 0.05) is 85.9 Å². The molecule has 0 saturated heterocycles. The predicted molar refractivity (Wildman–Crippen MR) is 449 cm³/mol. The van der Waals surface area contributed by atoms with Crippen molar-refractivity contribution in [3.63, 3.8) is 0 Å². The maximum Gasteiger partial charge on any atom is 0.0825 e. The van der Waals surface area contributed by atoms with Crippen LogP contribution in [0.5, 0.6) is 0 Å². The van der Waals surface area contributed by atoms with Gasteiger partial charge in [0.2, 0.25) is 0 Å². The van der Waals surface area contributed by atoms with Crippen molar-refractivity contribution >= 4 is 46.1 Å². The van der Waals surface area contributed by atoms with Gasteiger partial charge in [0.1, 0.15) is 0 Å². The van der Waals surface area contributed by atoms with Crippen molar-refractivity contribution in [1.82, 2.24) is 0 Å². The number of hydrogen-bond acceptors (Lipinski definition) is 7. The third-order valence-electron chi connectivity index (χ3n) is 18.2. The molecule has 98 heavy (non-hydrogen) atoms. The van der Waals surface area contributed by atoms with Crippen molar-refractivity contribution < 1.29 is 14.4 Å². The Morgan fingerprint density at radius 3 is 0.969 bits per heavy atom. The van der Waals surface area contributed by atoms with Gasteiger partial charge in [-0.15, -0.1) is 0 Å². The molecule has 0 fully saturated rings. The summed E-state index contributed by atoms with van der Waals surface area (Å²) in [4.78, 5) is 9.89. The highest BCUT2D eigenvalue weighted by atomic mass is 35.7. The lowest BCUT2D eigenvalue weighted by atomic mass is 10.1. The molecule has 5 unspecified atom stereocenters. The molecule has 0 aliphatic heterocycles. The summed E-state index contributed by atoms with van der Waals surface area (Å²) in [6, 6.07) is 55.5. The number of halogens is 1. The zero-order valence-electron chi connectivity index (χ0n) is 65.0. The van der Waals surface area contributed by atoms with Crippen LogP contribution in [-0.4, -0.2) is 113 Å². The van der Waals surface area contributed by atoms with Gasteiger partial charge in [0.15, 0.2) is 0 Å². The molecule has 1 N–H and O–H groups in total. The quantitative estimate of drug-likeness (QED) is 0.0307. The van der Waals surface area contributed by atoms with E-state index in [2.05, 4.69) is 229 Å². The SMILES string of the molecule is CCCCCCCCCCCCP(C)(Cc1ccc(CC)cc1)=NC.CCCc1ccc(CP(C)(CCCOCCOC)=NC)cc1.CCCc1ccc(CP(C)(Cc2ccccc2)=NC)cc1.CCCc1ccc(CP(C)(Cl)=NC)cc1.CCCc1ccc(CP(C)(O)=NC)cc1. The second kappa shape index (κ2) is 53.4. The van der Waals surface area contributed by atoms with E-state index in [-0.39, 0.29) is 0 Å². The molecule has 0 bridgehead atoms. The number of aryl methyl sites for hydroxylation is 5. The molecule has 5 atom stereocenters. The van der Waals surface area contributed by atoms with Crippen LogP contribution in [0.1, 0.15) is 199 Å². The molecular weight excluding hydrogens is 1320 g/mol. The first-order valence-electron chi connectivity index (χ1n) is 37.3. The summed E-state index contributed by atoms with van der Waals surface area (Å²) >= 11 is 6.30. The highest BCUT2D eigenvalue weighted by Crippen LogP contribution is 2.54. The first-order chi connectivity index (χ1) is 47.1. The Labute approximate surface area is 607 Å². The van der Waals surface area contributed by atoms with Crippen LogP contribution in [0.3, 0.4) is 0 Å². The number of methoxy groups -OCH3 is 1. The minimum Gasteiger partial charge on any atom is -0.382 e. The lowest BCUT2D eigenvalue weighted by Gasteiger charge is -2.20. The van der Waals surface area contributed by atoms with E-state index >= 15 is 0 Å². The number of nitrogens with zero attached hydrogens (tertiary/aromatic N) is 5. The van der Waals surface area contributed by atoms with Crippen LogP contribution in [0.4, 0.5) is 0 Å². The molecule has 6 aromatic rings. The first kappa shape index (κ1) is 90.7. The van der Waals surface area contributed by atoms with E-state index in [1.165, 1.54) is 176 Å². The van der Waals surface area contributed by atoms with E-state index < -0.39 is 34.9 Å². The average Bonchev–Trinajstić information content (AvgIpc) is 0.879. The molecule has 0 saturated carbocycles. The largest absolute Gasteiger partial charge is 0.382 e. The first-order valence-corrected chi connectivity index (χ1v) is 50.6. The number of unbranched alkanes of at least 4 members (excludes halogenated alkanes) is 9. The van der Waals surface area contributed by atoms with Crippen molar-refractivity contribution in [2.45, 2.75) is 207 Å². The average molecular weight is 1460 g/mol. The Morgan fingerprint density at radius 1 is 0.316 bits per heavy atom. The third kappa shape index (κ3) is 42.3. The molecule has 0 aliphatic carbocycles. The Bertz CT molecular complexity index is 3200. The van der Waals surface area contributed by atoms with E-state index in [1.54, 1.807) is 14.2 Å². The molecule has 0 aromatic heterocycles. The summed E-state index contributed by atoms with van der Waals surface area (Å²) in [6.45, 7) is 26.6. The number of hydrogen-bond donors (Lipinski definition) is 1. The van der Waals surface area contributed by atoms with Crippen molar-refractivity contribution in [2.24, 2.45) is 23.7 Å². The summed E-state index contributed by atoms with van der Waals surface area (Å²) < 4.78 is 33.2. The second-order valence-electron chi connectivity index (χ2n) is 27.6. The van der Waals surface area contributed by atoms with Gasteiger partial charge in [-0.2, -0.15) is 0 Å². The van der Waals surface area contributed by atoms with Gasteiger partial charge >= 0.3 is 0 Å². The summed E-state index contributed by atoms with van der Waals surface area (Å²) in [5.41, 5.74) is 15.3. The maximum absolute atomic E-state index is 9.89. The van der Waals surface area contributed by atoms with Gasteiger partial charge in [0.25, 0.3) is 0 Å². The lowest BCUT2D eigenvalue weighted by Crippen LogP contribution is -2.05. The fourth-order valence-corrected chi connectivity index (χ4v) is 21.2. The Kier molecular flexibility index (Phi) is 49.5. The fourth-order valence-electron chi connectivity index (χ4n) is 11.6. The highest BCUT2D eigenvalue weighted by molar-refractivity contribution is 7.89. The Morgan fingerprint density at radius 2 is 0.633 bits per heavy atom. The molecule has 0 amide bonds. The van der Waals surface area contributed by atoms with Crippen molar-refractivity contribution in [3.05, 3.63) is 213 Å². The topological polar surface area (TPSA) is 100 Å². The molecule has 8 nitrogen and oxygen atoms in total. The number of ether oxygens (including phenoxy) is 2. The molecule has 0 heterocycles. The smallest absolute Gasteiger partial charge is 0.0825 e. The van der Waals surface area contributed by atoms with E-state index in [0.29, 0.717) is 19.4 Å². The number of rotatable bonds is 39. The van der Waals surface area contributed by atoms with Gasteiger partial charge < -0.3 is 28.6 Å². The van der Waals surface area contributed by atoms with Gasteiger partial charge in [-0.05, 0) is 173 Å². The predicted octanol–water partition coefficient (Wildman–Crippen LogP) is 26.8. The molecular formula is C84H139ClN5O3P5. The van der Waals surface area contributed by atoms with E-state index in [1.807, 2.05) is 34.9 Å². The lowest BCUT2D eigenvalue weighted by molar-refractivity contribution is 0.0712. The Balaban J connectivity index is 0.000000422. The van der Waals surface area contributed by atoms with Gasteiger partial charge in [-0.1, -0.05) is 288 Å². The summed E-state index contributed by atoms with van der Waals surface area (Å²) in [5, 5.41) is 0. The van der Waals surface area contributed by atoms with Crippen LogP contribution in [0.15, 0.2) is 175 Å². The minimum atomic E-state index is -2.05. The maximum atomic E-state index is 9.89. The highest BCUT2D eigenvalue weighted by Gasteiger charge is 2.17. The van der Waals surface area contributed by atoms with Crippen molar-refractivity contribution in [1.29, 1.82) is 0 Å². The molecule has 6 rings (SSSR count). The summed E-state index contributed by atoms with van der Waals surface area (Å²) in [5.74, 6) is 0. The molecule has 0 spiro atoms. The standard InChI is InChI=1S/C23H42NP.C19H26NP.C18H32NO2P.C12H19ClNP.C12H20NOP/c1-5-7-8-9-10-11-12-13-14-15-20-25(4,24-3)21-23-18-16-22(6-2)17-19-23;1-4-8-17-11-13-19(14-12-17)16-21(3,20-2)15-18-9-6-5-7-10-18;1-5-7-17-8-10-18(11-9-17)16-22(4,19-2)15-6-12-21-14-13-20-3;1-4-5-11-6-8-12(9-7-11)10-15(3,13)14-2;1-4-5-11-6-8-12(9-7-11)10-15(3,14)13-2/h16-19H,5-15,20-21H2,1-4H3;5-7,9-14H,4,8,15-16H2,1-3H3;8-11H,5-7,12-16H2,1-4H3;6-9H,4-5,10H2,1-3H3;6-9,14H,4-5,10H2,1-3H3. The Hall–Kier alpha value is -3.36. The van der Waals surface area contributed by atoms with E-state index in [0.717, 1.165) is 63.1 Å². The number of benzene rings is 6. The van der Waals surface area contributed by atoms with E-state index in [4.69, 9.17) is 34.9 Å². The van der Waals surface area contributed by atoms with Gasteiger partial charge in [-0.25, -0.2) is 0 Å². The van der Waals surface area contributed by atoms with Crippen LogP contribution in [0.25, 0.3) is 0 Å². The molecule has 0 radical (unpaired) electrons. The zero-order valence-corrected chi connectivity index (χ0v) is 70.2. The minimum absolute atomic E-state index is 0.675. The van der Waals surface area contributed by atoms with Crippen LogP contribution in [-0.2, 0) is 78.5 Å². The normalized spacial score (nSPS) is 14.0. The second-order valence-corrected chi connectivity index (χ2v) is 46.8. The summed E-state index contributed by atoms with van der Waals surface area (Å²) in [6.07, 6.45) is 32.8. The summed E-state index contributed by atoms with van der Waals surface area (Å²) in [7, 11) is 5.48. The van der Waals surface area contributed by atoms with Gasteiger partial charge in [-0.3, -0.25) is 9.49 Å². The zero-order chi connectivity index (χ0) is 72.4. The molecule has 14 heteroatoms. The van der Waals surface area contributed by atoms with Crippen LogP contribution < -0.4 is 0 Å².